The molecule has 0 spiro atoms. The first-order valence-electron chi connectivity index (χ1n) is 8.46. The van der Waals surface area contributed by atoms with E-state index in [4.69, 9.17) is 21.6 Å². The van der Waals surface area contributed by atoms with E-state index in [-0.39, 0.29) is 23.4 Å². The van der Waals surface area contributed by atoms with Gasteiger partial charge in [0.05, 0.1) is 23.8 Å². The summed E-state index contributed by atoms with van der Waals surface area (Å²) in [5.41, 5.74) is 2.78. The number of nitrogens with zero attached hydrogens (tertiary/aromatic N) is 2. The Morgan fingerprint density at radius 1 is 1.26 bits per heavy atom. The SMILES string of the molecule is COC(=O)CCCn1c(C)cc(C(=O)COc2ccc(C#N)cc2Cl)c1C. The number of ketones is 1. The lowest BCUT2D eigenvalue weighted by molar-refractivity contribution is -0.140. The normalized spacial score (nSPS) is 10.3. The van der Waals surface area contributed by atoms with Gasteiger partial charge in [-0.05, 0) is 44.5 Å². The van der Waals surface area contributed by atoms with Gasteiger partial charge in [-0.2, -0.15) is 5.26 Å². The molecule has 0 radical (unpaired) electrons. The monoisotopic (exact) mass is 388 g/mol. The zero-order valence-electron chi connectivity index (χ0n) is 15.5. The fraction of sp³-hybridized carbons (Fsp3) is 0.350. The van der Waals surface area contributed by atoms with Crippen LogP contribution in [-0.2, 0) is 16.1 Å². The number of carbonyl (C=O) groups excluding carboxylic acids is 2. The van der Waals surface area contributed by atoms with E-state index in [0.29, 0.717) is 36.3 Å². The van der Waals surface area contributed by atoms with Crippen LogP contribution in [0.25, 0.3) is 0 Å². The molecule has 0 aliphatic heterocycles. The zero-order valence-corrected chi connectivity index (χ0v) is 16.3. The molecule has 0 unspecified atom stereocenters. The van der Waals surface area contributed by atoms with Gasteiger partial charge in [0.25, 0.3) is 0 Å². The first-order chi connectivity index (χ1) is 12.9. The number of rotatable bonds is 8. The van der Waals surface area contributed by atoms with E-state index in [1.54, 1.807) is 12.1 Å². The average Bonchev–Trinajstić information content (AvgIpc) is 2.94. The van der Waals surface area contributed by atoms with E-state index in [1.807, 2.05) is 30.6 Å². The van der Waals surface area contributed by atoms with Gasteiger partial charge < -0.3 is 14.0 Å². The Labute approximate surface area is 163 Å². The highest BCUT2D eigenvalue weighted by molar-refractivity contribution is 6.32. The third-order valence-corrected chi connectivity index (χ3v) is 4.58. The van der Waals surface area contributed by atoms with Crippen LogP contribution in [0.15, 0.2) is 24.3 Å². The second-order valence-corrected chi connectivity index (χ2v) is 6.49. The van der Waals surface area contributed by atoms with Crippen LogP contribution in [-0.4, -0.2) is 30.0 Å². The van der Waals surface area contributed by atoms with Gasteiger partial charge >= 0.3 is 5.97 Å². The summed E-state index contributed by atoms with van der Waals surface area (Å²) in [6.07, 6.45) is 0.963. The summed E-state index contributed by atoms with van der Waals surface area (Å²) in [7, 11) is 1.37. The second-order valence-electron chi connectivity index (χ2n) is 6.08. The van der Waals surface area contributed by atoms with Gasteiger partial charge in [0.15, 0.2) is 6.61 Å². The number of aromatic nitrogens is 1. The summed E-state index contributed by atoms with van der Waals surface area (Å²) < 4.78 is 12.2. The maximum atomic E-state index is 12.6. The molecular formula is C20H21ClN2O4. The van der Waals surface area contributed by atoms with Crippen LogP contribution in [0.2, 0.25) is 5.02 Å². The first-order valence-corrected chi connectivity index (χ1v) is 8.84. The number of hydrogen-bond donors (Lipinski definition) is 0. The fourth-order valence-electron chi connectivity index (χ4n) is 2.82. The van der Waals surface area contributed by atoms with Gasteiger partial charge in [-0.25, -0.2) is 0 Å². The van der Waals surface area contributed by atoms with E-state index < -0.39 is 0 Å². The number of methoxy groups -OCH3 is 1. The van der Waals surface area contributed by atoms with E-state index in [0.717, 1.165) is 11.4 Å². The summed E-state index contributed by atoms with van der Waals surface area (Å²) in [6.45, 7) is 4.26. The molecule has 7 heteroatoms. The van der Waals surface area contributed by atoms with Gasteiger partial charge in [0.1, 0.15) is 5.75 Å². The van der Waals surface area contributed by atoms with Crippen molar-refractivity contribution < 1.29 is 19.1 Å². The van der Waals surface area contributed by atoms with E-state index in [9.17, 15) is 9.59 Å². The van der Waals surface area contributed by atoms with Crippen molar-refractivity contribution in [3.8, 4) is 11.8 Å². The van der Waals surface area contributed by atoms with Gasteiger partial charge in [-0.15, -0.1) is 0 Å². The van der Waals surface area contributed by atoms with Crippen LogP contribution < -0.4 is 4.74 Å². The molecule has 2 rings (SSSR count). The number of hydrogen-bond acceptors (Lipinski definition) is 5. The molecule has 0 N–H and O–H groups in total. The first kappa shape index (κ1) is 20.5. The third kappa shape index (κ3) is 5.11. The number of benzene rings is 1. The lowest BCUT2D eigenvalue weighted by Gasteiger charge is -2.10. The van der Waals surface area contributed by atoms with Crippen molar-refractivity contribution in [3.05, 3.63) is 51.8 Å². The zero-order chi connectivity index (χ0) is 20.0. The van der Waals surface area contributed by atoms with Gasteiger partial charge in [-0.3, -0.25) is 9.59 Å². The topological polar surface area (TPSA) is 81.3 Å². The second kappa shape index (κ2) is 9.24. The van der Waals surface area contributed by atoms with E-state index in [1.165, 1.54) is 13.2 Å². The predicted molar refractivity (Wildman–Crippen MR) is 101 cm³/mol. The number of ether oxygens (including phenoxy) is 2. The highest BCUT2D eigenvalue weighted by Crippen LogP contribution is 2.25. The Balaban J connectivity index is 2.03. The number of aryl methyl sites for hydroxylation is 1. The summed E-state index contributed by atoms with van der Waals surface area (Å²) in [5.74, 6) is -0.0555. The Bertz CT molecular complexity index is 896. The van der Waals surface area contributed by atoms with Crippen LogP contribution in [0.4, 0.5) is 0 Å². The number of halogens is 1. The maximum absolute atomic E-state index is 12.6. The number of carbonyl (C=O) groups is 2. The van der Waals surface area contributed by atoms with Crippen LogP contribution in [0.1, 0.15) is 40.2 Å². The molecule has 0 saturated heterocycles. The smallest absolute Gasteiger partial charge is 0.305 e. The lowest BCUT2D eigenvalue weighted by atomic mass is 10.1. The van der Waals surface area contributed by atoms with Gasteiger partial charge in [0.2, 0.25) is 5.78 Å². The van der Waals surface area contributed by atoms with Crippen molar-refractivity contribution in [2.45, 2.75) is 33.2 Å². The number of esters is 1. The minimum atomic E-state index is -0.249. The van der Waals surface area contributed by atoms with Crippen LogP contribution in [0, 0.1) is 25.2 Å². The summed E-state index contributed by atoms with van der Waals surface area (Å²) in [6, 6.07) is 8.46. The fourth-order valence-corrected chi connectivity index (χ4v) is 3.05. The summed E-state index contributed by atoms with van der Waals surface area (Å²) in [4.78, 5) is 23.8. The Morgan fingerprint density at radius 2 is 2.00 bits per heavy atom. The maximum Gasteiger partial charge on any atom is 0.305 e. The van der Waals surface area contributed by atoms with Crippen molar-refractivity contribution in [3.63, 3.8) is 0 Å². The highest BCUT2D eigenvalue weighted by Gasteiger charge is 2.17. The van der Waals surface area contributed by atoms with E-state index in [2.05, 4.69) is 4.74 Å². The standard InChI is InChI=1S/C20H21ClN2O4/c1-13-9-16(14(2)23(13)8-4-5-20(25)26-3)18(24)12-27-19-7-6-15(11-22)10-17(19)21/h6-7,9-10H,4-5,8,12H2,1-3H3. The Hall–Kier alpha value is -2.78. The van der Waals surface area contributed by atoms with Crippen molar-refractivity contribution >= 4 is 23.4 Å². The molecule has 1 aromatic heterocycles. The molecule has 1 aromatic carbocycles. The van der Waals surface area contributed by atoms with Crippen LogP contribution in [0.3, 0.4) is 0 Å². The van der Waals surface area contributed by atoms with Crippen molar-refractivity contribution in [1.29, 1.82) is 5.26 Å². The average molecular weight is 389 g/mol. The summed E-state index contributed by atoms with van der Waals surface area (Å²) >= 11 is 6.06. The van der Waals surface area contributed by atoms with Gasteiger partial charge in [-0.1, -0.05) is 11.6 Å². The van der Waals surface area contributed by atoms with Crippen LogP contribution in [0.5, 0.6) is 5.75 Å². The summed E-state index contributed by atoms with van der Waals surface area (Å²) in [5, 5.41) is 9.14. The molecule has 2 aromatic rings. The highest BCUT2D eigenvalue weighted by atomic mass is 35.5. The molecule has 0 fully saturated rings. The van der Waals surface area contributed by atoms with Crippen LogP contribution >= 0.6 is 11.6 Å². The molecular weight excluding hydrogens is 368 g/mol. The molecule has 0 amide bonds. The lowest BCUT2D eigenvalue weighted by Crippen LogP contribution is -2.13. The Kier molecular flexibility index (Phi) is 7.03. The molecule has 1 heterocycles. The minimum Gasteiger partial charge on any atom is -0.484 e. The van der Waals surface area contributed by atoms with Crippen molar-refractivity contribution in [1.82, 2.24) is 4.57 Å². The number of Topliss-reactive ketones (excluding diaryl/α,β-unsaturated/α-hetero) is 1. The number of nitriles is 1. The third-order valence-electron chi connectivity index (χ3n) is 4.28. The van der Waals surface area contributed by atoms with Crippen molar-refractivity contribution in [2.24, 2.45) is 0 Å². The molecule has 0 aliphatic rings. The van der Waals surface area contributed by atoms with E-state index >= 15 is 0 Å². The largest absolute Gasteiger partial charge is 0.484 e. The minimum absolute atomic E-state index is 0.155. The molecule has 0 saturated carbocycles. The molecule has 0 bridgehead atoms. The Morgan fingerprint density at radius 3 is 2.63 bits per heavy atom. The quantitative estimate of drug-likeness (QED) is 0.506. The predicted octanol–water partition coefficient (Wildman–Crippen LogP) is 3.84. The van der Waals surface area contributed by atoms with Crippen molar-refractivity contribution in [2.75, 3.05) is 13.7 Å². The molecule has 27 heavy (non-hydrogen) atoms. The van der Waals surface area contributed by atoms with Gasteiger partial charge in [0, 0.05) is 29.9 Å². The molecule has 0 atom stereocenters. The molecule has 142 valence electrons. The molecule has 0 aliphatic carbocycles. The molecule has 6 nitrogen and oxygen atoms in total.